The summed E-state index contributed by atoms with van der Waals surface area (Å²) in [6.07, 6.45) is 2.03. The average Bonchev–Trinajstić information content (AvgIpc) is 2.69. The van der Waals surface area contributed by atoms with E-state index in [4.69, 9.17) is 18.6 Å². The molecule has 0 fully saturated rings. The molecule has 2 aromatic carbocycles. The highest BCUT2D eigenvalue weighted by Crippen LogP contribution is 2.24. The van der Waals surface area contributed by atoms with Crippen LogP contribution in [0.1, 0.15) is 30.6 Å². The molecular weight excluding hydrogens is 348 g/mol. The summed E-state index contributed by atoms with van der Waals surface area (Å²) in [7, 11) is 0. The van der Waals surface area contributed by atoms with Crippen LogP contribution >= 0.6 is 0 Å². The number of esters is 1. The van der Waals surface area contributed by atoms with Crippen LogP contribution in [0.25, 0.3) is 11.0 Å². The van der Waals surface area contributed by atoms with Crippen LogP contribution in [0, 0.1) is 0 Å². The van der Waals surface area contributed by atoms with Gasteiger partial charge in [-0.2, -0.15) is 0 Å². The summed E-state index contributed by atoms with van der Waals surface area (Å²) in [6.45, 7) is 4.71. The molecule has 27 heavy (non-hydrogen) atoms. The van der Waals surface area contributed by atoms with Crippen LogP contribution in [0.4, 0.5) is 0 Å². The first-order chi connectivity index (χ1) is 13.1. The number of benzene rings is 2. The van der Waals surface area contributed by atoms with Crippen molar-refractivity contribution in [1.29, 1.82) is 0 Å². The minimum Gasteiger partial charge on any atom is -0.494 e. The smallest absolute Gasteiger partial charge is 0.338 e. The van der Waals surface area contributed by atoms with Crippen LogP contribution in [0.2, 0.25) is 0 Å². The van der Waals surface area contributed by atoms with Crippen LogP contribution in [0.15, 0.2) is 57.9 Å². The lowest BCUT2D eigenvalue weighted by molar-refractivity contribution is 0.0505. The van der Waals surface area contributed by atoms with Crippen molar-refractivity contribution in [2.45, 2.75) is 20.3 Å². The molecule has 0 saturated heterocycles. The summed E-state index contributed by atoms with van der Waals surface area (Å²) in [5.74, 6) is 0.721. The predicted molar refractivity (Wildman–Crippen MR) is 101 cm³/mol. The van der Waals surface area contributed by atoms with Crippen molar-refractivity contribution in [3.8, 4) is 17.2 Å². The third kappa shape index (κ3) is 4.28. The second-order valence-electron chi connectivity index (χ2n) is 5.78. The van der Waals surface area contributed by atoms with Gasteiger partial charge >= 0.3 is 5.97 Å². The molecule has 0 aliphatic heterocycles. The monoisotopic (exact) mass is 368 g/mol. The first-order valence-electron chi connectivity index (χ1n) is 8.75. The quantitative estimate of drug-likeness (QED) is 0.570. The summed E-state index contributed by atoms with van der Waals surface area (Å²) in [4.78, 5) is 24.4. The number of rotatable bonds is 7. The molecule has 6 heteroatoms. The number of hydrogen-bond donors (Lipinski definition) is 0. The van der Waals surface area contributed by atoms with Gasteiger partial charge < -0.3 is 18.6 Å². The number of ether oxygens (including phenoxy) is 3. The Balaban J connectivity index is 1.80. The molecule has 3 aromatic rings. The van der Waals surface area contributed by atoms with Crippen molar-refractivity contribution in [3.63, 3.8) is 0 Å². The van der Waals surface area contributed by atoms with Gasteiger partial charge in [0.15, 0.2) is 0 Å². The molecule has 0 saturated carbocycles. The Morgan fingerprint density at radius 2 is 1.78 bits per heavy atom. The Hall–Kier alpha value is -3.28. The summed E-state index contributed by atoms with van der Waals surface area (Å²) < 4.78 is 21.6. The van der Waals surface area contributed by atoms with E-state index in [1.807, 2.05) is 13.8 Å². The molecule has 1 heterocycles. The highest BCUT2D eigenvalue weighted by molar-refractivity contribution is 5.89. The molecule has 0 bridgehead atoms. The van der Waals surface area contributed by atoms with Gasteiger partial charge in [0.2, 0.25) is 11.2 Å². The predicted octanol–water partition coefficient (Wildman–Crippen LogP) is 4.55. The van der Waals surface area contributed by atoms with E-state index in [0.29, 0.717) is 41.2 Å². The Kier molecular flexibility index (Phi) is 5.76. The van der Waals surface area contributed by atoms with Crippen molar-refractivity contribution in [3.05, 3.63) is 64.5 Å². The molecule has 140 valence electrons. The van der Waals surface area contributed by atoms with Crippen LogP contribution < -0.4 is 14.9 Å². The zero-order valence-electron chi connectivity index (χ0n) is 15.2. The largest absolute Gasteiger partial charge is 0.494 e. The van der Waals surface area contributed by atoms with Gasteiger partial charge in [0, 0.05) is 6.07 Å². The Labute approximate surface area is 156 Å². The third-order valence-electron chi connectivity index (χ3n) is 3.78. The van der Waals surface area contributed by atoms with Crippen LogP contribution in [0.5, 0.6) is 17.2 Å². The van der Waals surface area contributed by atoms with Gasteiger partial charge in [-0.15, -0.1) is 0 Å². The molecule has 0 unspecified atom stereocenters. The molecule has 6 nitrogen and oxygen atoms in total. The second kappa shape index (κ2) is 8.40. The van der Waals surface area contributed by atoms with Gasteiger partial charge in [-0.25, -0.2) is 4.79 Å². The summed E-state index contributed by atoms with van der Waals surface area (Å²) in [6, 6.07) is 11.4. The molecule has 0 N–H and O–H groups in total. The van der Waals surface area contributed by atoms with E-state index in [1.54, 1.807) is 42.5 Å². The van der Waals surface area contributed by atoms with Gasteiger partial charge in [0.25, 0.3) is 0 Å². The Bertz CT molecular complexity index is 988. The number of hydrogen-bond acceptors (Lipinski definition) is 6. The van der Waals surface area contributed by atoms with Crippen molar-refractivity contribution < 1.29 is 23.4 Å². The van der Waals surface area contributed by atoms with Crippen molar-refractivity contribution in [2.75, 3.05) is 13.2 Å². The fourth-order valence-electron chi connectivity index (χ4n) is 2.48. The molecular formula is C21H20O6. The second-order valence-corrected chi connectivity index (χ2v) is 5.78. The maximum atomic E-state index is 12.6. The molecule has 0 aliphatic carbocycles. The molecule has 1 aromatic heterocycles. The van der Waals surface area contributed by atoms with E-state index in [-0.39, 0.29) is 11.2 Å². The average molecular weight is 368 g/mol. The highest BCUT2D eigenvalue weighted by atomic mass is 16.5. The van der Waals surface area contributed by atoms with Gasteiger partial charge in [-0.3, -0.25) is 4.79 Å². The fourth-order valence-corrected chi connectivity index (χ4v) is 2.48. The lowest BCUT2D eigenvalue weighted by Gasteiger charge is -2.08. The highest BCUT2D eigenvalue weighted by Gasteiger charge is 2.11. The van der Waals surface area contributed by atoms with Crippen molar-refractivity contribution in [1.82, 2.24) is 0 Å². The zero-order chi connectivity index (χ0) is 19.2. The van der Waals surface area contributed by atoms with E-state index in [2.05, 4.69) is 0 Å². The maximum Gasteiger partial charge on any atom is 0.338 e. The standard InChI is InChI=1S/C21H20O6/c1-3-11-25-21(23)14-5-7-15(8-6-14)27-19-13-26-18-12-16(24-4-2)9-10-17(18)20(19)22/h5-10,12-13H,3-4,11H2,1-2H3. The van der Waals surface area contributed by atoms with Gasteiger partial charge in [-0.05, 0) is 49.7 Å². The first kappa shape index (κ1) is 18.5. The normalized spacial score (nSPS) is 10.6. The van der Waals surface area contributed by atoms with Gasteiger partial charge in [-0.1, -0.05) is 6.92 Å². The molecule has 0 radical (unpaired) electrons. The topological polar surface area (TPSA) is 75.0 Å². The first-order valence-corrected chi connectivity index (χ1v) is 8.75. The Morgan fingerprint density at radius 1 is 1.04 bits per heavy atom. The molecule has 3 rings (SSSR count). The van der Waals surface area contributed by atoms with Gasteiger partial charge in [0.1, 0.15) is 23.3 Å². The SMILES string of the molecule is CCCOC(=O)c1ccc(Oc2coc3cc(OCC)ccc3c2=O)cc1. The number of carbonyl (C=O) groups is 1. The van der Waals surface area contributed by atoms with Gasteiger partial charge in [0.05, 0.1) is 24.2 Å². The van der Waals surface area contributed by atoms with E-state index in [1.165, 1.54) is 6.26 Å². The zero-order valence-corrected chi connectivity index (χ0v) is 15.2. The molecule has 0 aliphatic rings. The number of carbonyl (C=O) groups excluding carboxylic acids is 1. The van der Waals surface area contributed by atoms with Crippen molar-refractivity contribution in [2.24, 2.45) is 0 Å². The van der Waals surface area contributed by atoms with Crippen LogP contribution in [-0.2, 0) is 4.74 Å². The number of fused-ring (bicyclic) bond motifs is 1. The minimum absolute atomic E-state index is 0.0629. The van der Waals surface area contributed by atoms with E-state index in [9.17, 15) is 9.59 Å². The lowest BCUT2D eigenvalue weighted by Crippen LogP contribution is -2.06. The van der Waals surface area contributed by atoms with Crippen molar-refractivity contribution >= 4 is 16.9 Å². The summed E-state index contributed by atoms with van der Waals surface area (Å²) >= 11 is 0. The lowest BCUT2D eigenvalue weighted by atomic mass is 10.2. The van der Waals surface area contributed by atoms with E-state index < -0.39 is 5.97 Å². The third-order valence-corrected chi connectivity index (χ3v) is 3.78. The fraction of sp³-hybridized carbons (Fsp3) is 0.238. The minimum atomic E-state index is -0.390. The Morgan fingerprint density at radius 3 is 2.48 bits per heavy atom. The molecule has 0 atom stereocenters. The van der Waals surface area contributed by atoms with E-state index >= 15 is 0 Å². The molecule has 0 amide bonds. The summed E-state index contributed by atoms with van der Waals surface area (Å²) in [5.41, 5.74) is 0.558. The van der Waals surface area contributed by atoms with Crippen LogP contribution in [-0.4, -0.2) is 19.2 Å². The summed E-state index contributed by atoms with van der Waals surface area (Å²) in [5, 5.41) is 0.399. The molecule has 0 spiro atoms. The van der Waals surface area contributed by atoms with Crippen LogP contribution in [0.3, 0.4) is 0 Å². The van der Waals surface area contributed by atoms with E-state index in [0.717, 1.165) is 6.42 Å². The maximum absolute atomic E-state index is 12.6.